The van der Waals surface area contributed by atoms with Gasteiger partial charge in [0.05, 0.1) is 0 Å². The molecule has 0 spiro atoms. The maximum atomic E-state index is 13.7. The molecule has 4 amide bonds. The van der Waals surface area contributed by atoms with Crippen LogP contribution < -0.4 is 16.0 Å². The minimum Gasteiger partial charge on any atom is -0.350 e. The van der Waals surface area contributed by atoms with Gasteiger partial charge >= 0.3 is 0 Å². The fraction of sp³-hybridized carbons (Fsp3) is 0.325. The van der Waals surface area contributed by atoms with Gasteiger partial charge in [-0.15, -0.1) is 0 Å². The number of rotatable bonds is 12. The van der Waals surface area contributed by atoms with Crippen LogP contribution in [0.15, 0.2) is 96.8 Å². The molecule has 0 radical (unpaired) electrons. The van der Waals surface area contributed by atoms with Gasteiger partial charge in [0.2, 0.25) is 11.8 Å². The number of piperazine rings is 1. The Kier molecular flexibility index (Phi) is 11.4. The molecular formula is C40H45N7O4. The normalized spacial score (nSPS) is 15.6. The summed E-state index contributed by atoms with van der Waals surface area (Å²) in [4.78, 5) is 57.0. The minimum absolute atomic E-state index is 0.0896. The molecule has 0 unspecified atom stereocenters. The van der Waals surface area contributed by atoms with E-state index in [4.69, 9.17) is 0 Å². The van der Waals surface area contributed by atoms with Gasteiger partial charge in [-0.3, -0.25) is 28.8 Å². The molecule has 11 heteroatoms. The summed E-state index contributed by atoms with van der Waals surface area (Å²) in [6.45, 7) is 5.48. The standard InChI is InChI=1S/C40H45N7O4/c1-3-36(48)43-34(40(51)47-21-19-46(20-22-47)27-30-9-5-4-6-10-30)23-28-13-15-29(16-14-28)26-41-39(50)37(44-38(49)35-17-18-42-45(35)2)33-24-31-11-7-8-12-32(31)25-33/h4-18,23,33,37H,3,19-22,24-27H2,1-2H3,(H,41,50)(H,43,48)(H,44,49)/b34-23+/t37-/m0/s1. The van der Waals surface area contributed by atoms with E-state index in [1.807, 2.05) is 54.6 Å². The van der Waals surface area contributed by atoms with Crippen LogP contribution in [-0.4, -0.2) is 75.4 Å². The Balaban J connectivity index is 1.09. The summed E-state index contributed by atoms with van der Waals surface area (Å²) in [5.41, 5.74) is 5.84. The highest BCUT2D eigenvalue weighted by Gasteiger charge is 2.35. The zero-order valence-electron chi connectivity index (χ0n) is 29.2. The molecule has 2 heterocycles. The highest BCUT2D eigenvalue weighted by molar-refractivity contribution is 6.01. The summed E-state index contributed by atoms with van der Waals surface area (Å²) < 4.78 is 1.49. The van der Waals surface area contributed by atoms with E-state index in [0.717, 1.165) is 30.8 Å². The van der Waals surface area contributed by atoms with Gasteiger partial charge in [-0.05, 0) is 58.7 Å². The largest absolute Gasteiger partial charge is 0.350 e. The lowest BCUT2D eigenvalue weighted by Crippen LogP contribution is -2.51. The van der Waals surface area contributed by atoms with Crippen molar-refractivity contribution in [3.05, 3.63) is 130 Å². The Bertz CT molecular complexity index is 1850. The lowest BCUT2D eigenvalue weighted by atomic mass is 9.95. The highest BCUT2D eigenvalue weighted by atomic mass is 16.2. The number of hydrogen-bond donors (Lipinski definition) is 3. The average molecular weight is 688 g/mol. The van der Waals surface area contributed by atoms with Gasteiger partial charge in [0.1, 0.15) is 17.4 Å². The van der Waals surface area contributed by atoms with Crippen molar-refractivity contribution >= 4 is 29.7 Å². The topological polar surface area (TPSA) is 129 Å². The minimum atomic E-state index is -0.738. The number of fused-ring (bicyclic) bond motifs is 1. The van der Waals surface area contributed by atoms with Crippen LogP contribution in [0.3, 0.4) is 0 Å². The first-order chi connectivity index (χ1) is 24.8. The maximum Gasteiger partial charge on any atom is 0.270 e. The first kappa shape index (κ1) is 35.3. The van der Waals surface area contributed by atoms with Crippen molar-refractivity contribution in [2.24, 2.45) is 13.0 Å². The van der Waals surface area contributed by atoms with E-state index in [9.17, 15) is 19.2 Å². The van der Waals surface area contributed by atoms with Crippen LogP contribution in [0.1, 0.15) is 51.7 Å². The van der Waals surface area contributed by atoms with E-state index in [2.05, 4.69) is 50.2 Å². The van der Waals surface area contributed by atoms with Gasteiger partial charge in [-0.1, -0.05) is 85.8 Å². The molecule has 0 bridgehead atoms. The van der Waals surface area contributed by atoms with Crippen molar-refractivity contribution < 1.29 is 19.2 Å². The Morgan fingerprint density at radius 3 is 2.14 bits per heavy atom. The monoisotopic (exact) mass is 687 g/mol. The van der Waals surface area contributed by atoms with E-state index in [1.54, 1.807) is 37.2 Å². The van der Waals surface area contributed by atoms with Crippen LogP contribution in [0.2, 0.25) is 0 Å². The van der Waals surface area contributed by atoms with Crippen molar-refractivity contribution in [1.29, 1.82) is 0 Å². The first-order valence-electron chi connectivity index (χ1n) is 17.6. The summed E-state index contributed by atoms with van der Waals surface area (Å²) in [5, 5.41) is 12.9. The van der Waals surface area contributed by atoms with Gasteiger partial charge in [-0.25, -0.2) is 0 Å². The number of nitrogens with zero attached hydrogens (tertiary/aromatic N) is 4. The SMILES string of the molecule is CCC(=O)N/C(=C/c1ccc(CNC(=O)[C@@H](NC(=O)c2ccnn2C)C2Cc3ccccc3C2)cc1)C(=O)N1CCN(Cc2ccccc2)CC1. The predicted molar refractivity (Wildman–Crippen MR) is 195 cm³/mol. The summed E-state index contributed by atoms with van der Waals surface area (Å²) in [5.74, 6) is -1.14. The second-order valence-corrected chi connectivity index (χ2v) is 13.2. The van der Waals surface area contributed by atoms with Crippen LogP contribution in [0, 0.1) is 5.92 Å². The second-order valence-electron chi connectivity index (χ2n) is 13.2. The molecule has 1 aliphatic heterocycles. The number of aromatic nitrogens is 2. The number of nitrogens with one attached hydrogen (secondary N) is 3. The molecule has 1 saturated heterocycles. The fourth-order valence-corrected chi connectivity index (χ4v) is 6.75. The van der Waals surface area contributed by atoms with E-state index in [1.165, 1.54) is 21.4 Å². The smallest absolute Gasteiger partial charge is 0.270 e. The zero-order valence-corrected chi connectivity index (χ0v) is 29.2. The maximum absolute atomic E-state index is 13.7. The van der Waals surface area contributed by atoms with Gasteiger partial charge in [-0.2, -0.15) is 5.10 Å². The molecule has 51 heavy (non-hydrogen) atoms. The Labute approximate surface area is 298 Å². The van der Waals surface area contributed by atoms with Crippen molar-refractivity contribution in [2.45, 2.75) is 45.3 Å². The Morgan fingerprint density at radius 1 is 0.843 bits per heavy atom. The quantitative estimate of drug-likeness (QED) is 0.196. The number of hydrogen-bond acceptors (Lipinski definition) is 6. The molecule has 1 atom stereocenters. The number of amides is 4. The van der Waals surface area contributed by atoms with Gasteiger partial charge < -0.3 is 20.9 Å². The molecule has 2 aliphatic rings. The highest BCUT2D eigenvalue weighted by Crippen LogP contribution is 2.29. The molecule has 3 N–H and O–H groups in total. The predicted octanol–water partition coefficient (Wildman–Crippen LogP) is 3.46. The molecule has 11 nitrogen and oxygen atoms in total. The number of aryl methyl sites for hydroxylation is 1. The second kappa shape index (κ2) is 16.4. The molecule has 264 valence electrons. The summed E-state index contributed by atoms with van der Waals surface area (Å²) >= 11 is 0. The van der Waals surface area contributed by atoms with E-state index in [-0.39, 0.29) is 48.2 Å². The van der Waals surface area contributed by atoms with Gasteiger partial charge in [0, 0.05) is 58.9 Å². The average Bonchev–Trinajstić information content (AvgIpc) is 3.79. The molecule has 3 aromatic carbocycles. The van der Waals surface area contributed by atoms with Crippen molar-refractivity contribution in [3.8, 4) is 0 Å². The third-order valence-electron chi connectivity index (χ3n) is 9.67. The van der Waals surface area contributed by atoms with Crippen LogP contribution in [0.5, 0.6) is 0 Å². The lowest BCUT2D eigenvalue weighted by molar-refractivity contribution is -0.131. The summed E-state index contributed by atoms with van der Waals surface area (Å²) in [6, 6.07) is 26.8. The Morgan fingerprint density at radius 2 is 1.51 bits per heavy atom. The van der Waals surface area contributed by atoms with E-state index < -0.39 is 6.04 Å². The summed E-state index contributed by atoms with van der Waals surface area (Å²) in [7, 11) is 1.69. The third-order valence-corrected chi connectivity index (χ3v) is 9.67. The molecule has 1 aromatic heterocycles. The fourth-order valence-electron chi connectivity index (χ4n) is 6.75. The van der Waals surface area contributed by atoms with Crippen LogP contribution in [0.4, 0.5) is 0 Å². The molecule has 6 rings (SSSR count). The van der Waals surface area contributed by atoms with Crippen molar-refractivity contribution in [2.75, 3.05) is 26.2 Å². The lowest BCUT2D eigenvalue weighted by Gasteiger charge is -2.35. The molecule has 1 fully saturated rings. The van der Waals surface area contributed by atoms with Gasteiger partial charge in [0.15, 0.2) is 0 Å². The first-order valence-corrected chi connectivity index (χ1v) is 17.6. The molecule has 0 saturated carbocycles. The molecule has 1 aliphatic carbocycles. The van der Waals surface area contributed by atoms with Gasteiger partial charge in [0.25, 0.3) is 11.8 Å². The summed E-state index contributed by atoms with van der Waals surface area (Å²) in [6.07, 6.45) is 4.90. The van der Waals surface area contributed by atoms with Crippen molar-refractivity contribution in [3.63, 3.8) is 0 Å². The van der Waals surface area contributed by atoms with Crippen LogP contribution in [0.25, 0.3) is 6.08 Å². The number of carbonyl (C=O) groups excluding carboxylic acids is 4. The van der Waals surface area contributed by atoms with Crippen LogP contribution >= 0.6 is 0 Å². The van der Waals surface area contributed by atoms with Crippen molar-refractivity contribution in [1.82, 2.24) is 35.5 Å². The number of carbonyl (C=O) groups is 4. The van der Waals surface area contributed by atoms with Crippen LogP contribution in [-0.2, 0) is 47.4 Å². The van der Waals surface area contributed by atoms with E-state index in [0.29, 0.717) is 31.6 Å². The number of benzene rings is 3. The zero-order chi connectivity index (χ0) is 35.7. The third kappa shape index (κ3) is 8.98. The Hall–Kier alpha value is -5.55. The molecular weight excluding hydrogens is 642 g/mol. The van der Waals surface area contributed by atoms with E-state index >= 15 is 0 Å². The molecule has 4 aromatic rings.